The number of anilines is 1. The second kappa shape index (κ2) is 8.50. The smallest absolute Gasteiger partial charge is 0.291 e. The SMILES string of the molecule is O=C(Nc1cc(Cl)ccc1OCC1CCCO1)c1ccc(Cn2cccn2)o1. The van der Waals surface area contributed by atoms with Gasteiger partial charge in [0.2, 0.25) is 0 Å². The summed E-state index contributed by atoms with van der Waals surface area (Å²) in [4.78, 5) is 12.6. The van der Waals surface area contributed by atoms with E-state index in [0.29, 0.717) is 35.4 Å². The third kappa shape index (κ3) is 4.55. The van der Waals surface area contributed by atoms with E-state index in [9.17, 15) is 4.79 Å². The van der Waals surface area contributed by atoms with Crippen molar-refractivity contribution in [2.24, 2.45) is 0 Å². The van der Waals surface area contributed by atoms with Crippen molar-refractivity contribution in [1.82, 2.24) is 9.78 Å². The van der Waals surface area contributed by atoms with Gasteiger partial charge >= 0.3 is 0 Å². The van der Waals surface area contributed by atoms with Gasteiger partial charge in [0.1, 0.15) is 18.1 Å². The molecule has 28 heavy (non-hydrogen) atoms. The maximum atomic E-state index is 12.6. The molecular weight excluding hydrogens is 382 g/mol. The van der Waals surface area contributed by atoms with Gasteiger partial charge in [0, 0.05) is 24.0 Å². The molecule has 1 saturated heterocycles. The van der Waals surface area contributed by atoms with Gasteiger partial charge in [0.25, 0.3) is 5.91 Å². The molecule has 3 aromatic rings. The number of aromatic nitrogens is 2. The maximum Gasteiger partial charge on any atom is 0.291 e. The number of amides is 1. The fourth-order valence-electron chi connectivity index (χ4n) is 3.01. The first-order valence-corrected chi connectivity index (χ1v) is 9.46. The van der Waals surface area contributed by atoms with Crippen molar-refractivity contribution in [3.8, 4) is 5.75 Å². The predicted octanol–water partition coefficient (Wildman–Crippen LogP) is 3.99. The molecule has 1 aliphatic heterocycles. The van der Waals surface area contributed by atoms with Gasteiger partial charge < -0.3 is 19.2 Å². The van der Waals surface area contributed by atoms with E-state index in [-0.39, 0.29) is 17.8 Å². The number of furan rings is 1. The minimum absolute atomic E-state index is 0.0779. The van der Waals surface area contributed by atoms with Crippen molar-refractivity contribution < 1.29 is 18.7 Å². The van der Waals surface area contributed by atoms with E-state index < -0.39 is 0 Å². The van der Waals surface area contributed by atoms with Gasteiger partial charge in [0.15, 0.2) is 5.76 Å². The highest BCUT2D eigenvalue weighted by Crippen LogP contribution is 2.29. The minimum Gasteiger partial charge on any atom is -0.489 e. The normalized spacial score (nSPS) is 16.2. The van der Waals surface area contributed by atoms with E-state index in [1.165, 1.54) is 0 Å². The zero-order chi connectivity index (χ0) is 19.3. The van der Waals surface area contributed by atoms with E-state index in [4.69, 9.17) is 25.5 Å². The van der Waals surface area contributed by atoms with Crippen LogP contribution in [0, 0.1) is 0 Å². The fraction of sp³-hybridized carbons (Fsp3) is 0.300. The number of nitrogens with zero attached hydrogens (tertiary/aromatic N) is 2. The Labute approximate surface area is 167 Å². The number of hydrogen-bond donors (Lipinski definition) is 1. The molecule has 1 unspecified atom stereocenters. The van der Waals surface area contributed by atoms with E-state index in [0.717, 1.165) is 19.4 Å². The van der Waals surface area contributed by atoms with Gasteiger partial charge in [-0.3, -0.25) is 9.48 Å². The molecule has 8 heteroatoms. The highest BCUT2D eigenvalue weighted by atomic mass is 35.5. The molecule has 1 amide bonds. The summed E-state index contributed by atoms with van der Waals surface area (Å²) in [5, 5.41) is 7.43. The first-order valence-electron chi connectivity index (χ1n) is 9.09. The van der Waals surface area contributed by atoms with Crippen LogP contribution in [0.4, 0.5) is 5.69 Å². The lowest BCUT2D eigenvalue weighted by Gasteiger charge is -2.15. The van der Waals surface area contributed by atoms with Gasteiger partial charge in [0.05, 0.1) is 18.3 Å². The number of rotatable bonds is 7. The third-order valence-electron chi connectivity index (χ3n) is 4.40. The van der Waals surface area contributed by atoms with Crippen molar-refractivity contribution >= 4 is 23.2 Å². The number of hydrogen-bond acceptors (Lipinski definition) is 5. The first-order chi connectivity index (χ1) is 13.7. The zero-order valence-corrected chi connectivity index (χ0v) is 15.9. The van der Waals surface area contributed by atoms with Gasteiger partial charge in [-0.25, -0.2) is 0 Å². The molecule has 1 N–H and O–H groups in total. The van der Waals surface area contributed by atoms with Crippen LogP contribution in [-0.2, 0) is 11.3 Å². The van der Waals surface area contributed by atoms with Crippen molar-refractivity contribution in [3.05, 3.63) is 65.3 Å². The van der Waals surface area contributed by atoms with Crippen LogP contribution in [0.1, 0.15) is 29.2 Å². The summed E-state index contributed by atoms with van der Waals surface area (Å²) in [5.41, 5.74) is 0.487. The average molecular weight is 402 g/mol. The summed E-state index contributed by atoms with van der Waals surface area (Å²) in [6.07, 6.45) is 5.60. The second-order valence-electron chi connectivity index (χ2n) is 6.51. The Balaban J connectivity index is 1.43. The maximum absolute atomic E-state index is 12.6. The molecule has 146 valence electrons. The monoisotopic (exact) mass is 401 g/mol. The zero-order valence-electron chi connectivity index (χ0n) is 15.1. The molecule has 1 fully saturated rings. The largest absolute Gasteiger partial charge is 0.489 e. The fourth-order valence-corrected chi connectivity index (χ4v) is 3.18. The molecule has 1 aliphatic rings. The number of benzene rings is 1. The minimum atomic E-state index is -0.379. The van der Waals surface area contributed by atoms with E-state index in [1.807, 2.05) is 12.3 Å². The van der Waals surface area contributed by atoms with Gasteiger partial charge in [-0.2, -0.15) is 5.10 Å². The number of carbonyl (C=O) groups is 1. The van der Waals surface area contributed by atoms with Gasteiger partial charge in [-0.1, -0.05) is 11.6 Å². The summed E-state index contributed by atoms with van der Waals surface area (Å²) in [6.45, 7) is 1.64. The van der Waals surface area contributed by atoms with Crippen LogP contribution in [0.15, 0.2) is 53.2 Å². The van der Waals surface area contributed by atoms with Crippen LogP contribution in [0.5, 0.6) is 5.75 Å². The van der Waals surface area contributed by atoms with Crippen molar-refractivity contribution in [1.29, 1.82) is 0 Å². The molecule has 0 bridgehead atoms. The van der Waals surface area contributed by atoms with Crippen molar-refractivity contribution in [2.75, 3.05) is 18.5 Å². The van der Waals surface area contributed by atoms with Crippen LogP contribution in [-0.4, -0.2) is 35.0 Å². The average Bonchev–Trinajstić information content (AvgIpc) is 3.44. The summed E-state index contributed by atoms with van der Waals surface area (Å²) >= 11 is 6.09. The highest BCUT2D eigenvalue weighted by Gasteiger charge is 2.18. The number of carbonyl (C=O) groups excluding carboxylic acids is 1. The Morgan fingerprint density at radius 3 is 3.07 bits per heavy atom. The Morgan fingerprint density at radius 2 is 2.29 bits per heavy atom. The van der Waals surface area contributed by atoms with Crippen LogP contribution < -0.4 is 10.1 Å². The lowest BCUT2D eigenvalue weighted by atomic mass is 10.2. The first kappa shape index (κ1) is 18.6. The standard InChI is InChI=1S/C20H20ClN3O4/c21-14-4-6-18(27-13-16-3-1-10-26-16)17(11-14)23-20(25)19-7-5-15(28-19)12-24-9-2-8-22-24/h2,4-9,11,16H,1,3,10,12-13H2,(H,23,25). The van der Waals surface area contributed by atoms with E-state index in [1.54, 1.807) is 41.2 Å². The molecule has 4 rings (SSSR count). The van der Waals surface area contributed by atoms with Crippen molar-refractivity contribution in [2.45, 2.75) is 25.5 Å². The molecule has 2 aromatic heterocycles. The Hall–Kier alpha value is -2.77. The molecule has 0 radical (unpaired) electrons. The van der Waals surface area contributed by atoms with Crippen molar-refractivity contribution in [3.63, 3.8) is 0 Å². The molecular formula is C20H20ClN3O4. The number of nitrogens with one attached hydrogen (secondary N) is 1. The molecule has 3 heterocycles. The Kier molecular flexibility index (Phi) is 5.64. The predicted molar refractivity (Wildman–Crippen MR) is 104 cm³/mol. The van der Waals surface area contributed by atoms with E-state index in [2.05, 4.69) is 10.4 Å². The molecule has 0 spiro atoms. The van der Waals surface area contributed by atoms with Crippen LogP contribution in [0.2, 0.25) is 5.02 Å². The molecule has 0 aliphatic carbocycles. The summed E-state index contributed by atoms with van der Waals surface area (Å²) < 4.78 is 18.8. The van der Waals surface area contributed by atoms with Crippen LogP contribution in [0.3, 0.4) is 0 Å². The number of ether oxygens (including phenoxy) is 2. The number of halogens is 1. The lowest BCUT2D eigenvalue weighted by molar-refractivity contribution is 0.0682. The molecule has 7 nitrogen and oxygen atoms in total. The molecule has 1 atom stereocenters. The van der Waals surface area contributed by atoms with Crippen LogP contribution >= 0.6 is 11.6 Å². The molecule has 1 aromatic carbocycles. The van der Waals surface area contributed by atoms with E-state index >= 15 is 0 Å². The quantitative estimate of drug-likeness (QED) is 0.647. The second-order valence-corrected chi connectivity index (χ2v) is 6.95. The Morgan fingerprint density at radius 1 is 1.36 bits per heavy atom. The van der Waals surface area contributed by atoms with Gasteiger partial charge in [-0.15, -0.1) is 0 Å². The Bertz CT molecular complexity index is 933. The molecule has 0 saturated carbocycles. The highest BCUT2D eigenvalue weighted by molar-refractivity contribution is 6.31. The van der Waals surface area contributed by atoms with Crippen LogP contribution in [0.25, 0.3) is 0 Å². The summed E-state index contributed by atoms with van der Waals surface area (Å²) in [7, 11) is 0. The lowest BCUT2D eigenvalue weighted by Crippen LogP contribution is -2.18. The van der Waals surface area contributed by atoms with Gasteiger partial charge in [-0.05, 0) is 49.2 Å². The summed E-state index contributed by atoms with van der Waals surface area (Å²) in [5.74, 6) is 0.995. The topological polar surface area (TPSA) is 78.5 Å². The third-order valence-corrected chi connectivity index (χ3v) is 4.64. The summed E-state index contributed by atoms with van der Waals surface area (Å²) in [6, 6.07) is 10.3.